The highest BCUT2D eigenvalue weighted by Crippen LogP contribution is 2.32. The Balaban J connectivity index is 1.42. The largest absolute Gasteiger partial charge is 0.282 e. The molecule has 11 heteroatoms. The number of sulfonamides is 1. The zero-order valence-electron chi connectivity index (χ0n) is 21.2. The first-order chi connectivity index (χ1) is 18.4. The summed E-state index contributed by atoms with van der Waals surface area (Å²) < 4.78 is 45.2. The minimum absolute atomic E-state index is 0.0114. The molecule has 2 heterocycles. The molecule has 0 aliphatic heterocycles. The zero-order valence-corrected chi connectivity index (χ0v) is 22.8. The lowest BCUT2D eigenvalue weighted by Gasteiger charge is -2.32. The summed E-state index contributed by atoms with van der Waals surface area (Å²) in [6.45, 7) is 2.94. The van der Waals surface area contributed by atoms with Crippen LogP contribution in [0.3, 0.4) is 0 Å². The van der Waals surface area contributed by atoms with E-state index < -0.39 is 15.8 Å². The van der Waals surface area contributed by atoms with Crippen molar-refractivity contribution in [2.75, 3.05) is 18.0 Å². The number of anilines is 1. The molecule has 0 unspecified atom stereocenters. The smallest absolute Gasteiger partial charge is 0.260 e. The number of para-hydroxylation sites is 1. The van der Waals surface area contributed by atoms with E-state index in [1.807, 2.05) is 6.92 Å². The van der Waals surface area contributed by atoms with Crippen molar-refractivity contribution in [3.8, 4) is 0 Å². The lowest BCUT2D eigenvalue weighted by Crippen LogP contribution is -2.41. The average Bonchev–Trinajstić information content (AvgIpc) is 3.61. The molecule has 4 aromatic rings. The standard InChI is InChI=1S/C27H30FN5O3S2/c1-2-33(21-8-4-3-5-9-21)38(35,36)22-14-12-20(13-15-22)26(34)32(19-18-31-17-7-16-29-31)27-30-25-23(28)10-6-11-24(25)37-27/h6-7,10-17,21H,2-5,8-9,18-19H2,1H3. The van der Waals surface area contributed by atoms with Gasteiger partial charge in [0.2, 0.25) is 10.0 Å². The lowest BCUT2D eigenvalue weighted by atomic mass is 9.95. The van der Waals surface area contributed by atoms with Gasteiger partial charge in [0.15, 0.2) is 5.13 Å². The van der Waals surface area contributed by atoms with Crippen molar-refractivity contribution in [2.45, 2.75) is 56.5 Å². The Labute approximate surface area is 225 Å². The van der Waals surface area contributed by atoms with Gasteiger partial charge in [0.1, 0.15) is 11.3 Å². The Hall–Kier alpha value is -3.15. The Bertz CT molecular complexity index is 1500. The number of halogens is 1. The number of fused-ring (bicyclic) bond motifs is 1. The van der Waals surface area contributed by atoms with Crippen LogP contribution in [0, 0.1) is 5.82 Å². The first kappa shape index (κ1) is 26.5. The zero-order chi connectivity index (χ0) is 26.7. The van der Waals surface area contributed by atoms with Crippen LogP contribution in [0.1, 0.15) is 49.4 Å². The van der Waals surface area contributed by atoms with Gasteiger partial charge >= 0.3 is 0 Å². The first-order valence-corrected chi connectivity index (χ1v) is 15.1. The number of aromatic nitrogens is 3. The Morgan fingerprint density at radius 1 is 1.11 bits per heavy atom. The normalized spacial score (nSPS) is 14.8. The molecule has 0 atom stereocenters. The number of hydrogen-bond acceptors (Lipinski definition) is 6. The maximum Gasteiger partial charge on any atom is 0.260 e. The van der Waals surface area contributed by atoms with E-state index in [-0.39, 0.29) is 28.9 Å². The molecule has 1 aliphatic carbocycles. The molecule has 0 bridgehead atoms. The number of thiazole rings is 1. The molecule has 0 saturated heterocycles. The number of carbonyl (C=O) groups is 1. The minimum Gasteiger partial charge on any atom is -0.282 e. The highest BCUT2D eigenvalue weighted by molar-refractivity contribution is 7.89. The molecule has 1 fully saturated rings. The van der Waals surface area contributed by atoms with Gasteiger partial charge in [-0.15, -0.1) is 0 Å². The Morgan fingerprint density at radius 2 is 1.87 bits per heavy atom. The number of hydrogen-bond donors (Lipinski definition) is 0. The van der Waals surface area contributed by atoms with Crippen LogP contribution in [0.2, 0.25) is 0 Å². The van der Waals surface area contributed by atoms with Gasteiger partial charge in [-0.1, -0.05) is 43.6 Å². The quantitative estimate of drug-likeness (QED) is 0.279. The van der Waals surface area contributed by atoms with Crippen molar-refractivity contribution in [1.29, 1.82) is 0 Å². The van der Waals surface area contributed by atoms with Gasteiger partial charge in [-0.25, -0.2) is 17.8 Å². The maximum atomic E-state index is 14.3. The van der Waals surface area contributed by atoms with Crippen molar-refractivity contribution < 1.29 is 17.6 Å². The fraction of sp³-hybridized carbons (Fsp3) is 0.370. The predicted octanol–water partition coefficient (Wildman–Crippen LogP) is 5.32. The summed E-state index contributed by atoms with van der Waals surface area (Å²) in [6.07, 6.45) is 8.41. The van der Waals surface area contributed by atoms with Crippen LogP contribution >= 0.6 is 11.3 Å². The second-order valence-corrected chi connectivity index (χ2v) is 12.2. The molecule has 0 spiro atoms. The summed E-state index contributed by atoms with van der Waals surface area (Å²) in [7, 11) is -3.68. The van der Waals surface area contributed by atoms with Crippen LogP contribution < -0.4 is 4.90 Å². The van der Waals surface area contributed by atoms with Crippen molar-refractivity contribution >= 4 is 42.6 Å². The molecule has 200 valence electrons. The first-order valence-electron chi connectivity index (χ1n) is 12.8. The third kappa shape index (κ3) is 5.36. The molecule has 0 radical (unpaired) electrons. The molecular weight excluding hydrogens is 525 g/mol. The SMILES string of the molecule is CCN(C1CCCCC1)S(=O)(=O)c1ccc(C(=O)N(CCn2cccn2)c2nc3c(F)cccc3s2)cc1. The van der Waals surface area contributed by atoms with E-state index in [2.05, 4.69) is 10.1 Å². The molecular formula is C27H30FN5O3S2. The van der Waals surface area contributed by atoms with Gasteiger partial charge < -0.3 is 0 Å². The van der Waals surface area contributed by atoms with E-state index in [0.717, 1.165) is 32.1 Å². The summed E-state index contributed by atoms with van der Waals surface area (Å²) in [5.74, 6) is -0.794. The highest BCUT2D eigenvalue weighted by Gasteiger charge is 2.31. The molecule has 38 heavy (non-hydrogen) atoms. The number of benzene rings is 2. The number of nitrogens with zero attached hydrogens (tertiary/aromatic N) is 5. The lowest BCUT2D eigenvalue weighted by molar-refractivity contribution is 0.0985. The van der Waals surface area contributed by atoms with E-state index in [9.17, 15) is 17.6 Å². The molecule has 2 aromatic carbocycles. The van der Waals surface area contributed by atoms with Gasteiger partial charge in [-0.05, 0) is 55.3 Å². The molecule has 0 N–H and O–H groups in total. The molecule has 1 amide bonds. The van der Waals surface area contributed by atoms with Crippen LogP contribution in [-0.2, 0) is 16.6 Å². The maximum absolute atomic E-state index is 14.3. The number of carbonyl (C=O) groups excluding carboxylic acids is 1. The van der Waals surface area contributed by atoms with Crippen LogP contribution in [-0.4, -0.2) is 52.5 Å². The molecule has 1 saturated carbocycles. The predicted molar refractivity (Wildman–Crippen MR) is 146 cm³/mol. The molecule has 5 rings (SSSR count). The van der Waals surface area contributed by atoms with E-state index in [4.69, 9.17) is 0 Å². The second-order valence-electron chi connectivity index (χ2n) is 9.33. The van der Waals surface area contributed by atoms with Gasteiger partial charge in [0.25, 0.3) is 5.91 Å². The highest BCUT2D eigenvalue weighted by atomic mass is 32.2. The molecule has 8 nitrogen and oxygen atoms in total. The summed E-state index contributed by atoms with van der Waals surface area (Å²) in [6, 6.07) is 12.6. The third-order valence-corrected chi connectivity index (χ3v) is 10.0. The number of amides is 1. The van der Waals surface area contributed by atoms with Crippen LogP contribution in [0.25, 0.3) is 10.2 Å². The molecule has 1 aliphatic rings. The van der Waals surface area contributed by atoms with Crippen molar-refractivity contribution in [3.05, 3.63) is 72.3 Å². The van der Waals surface area contributed by atoms with Crippen molar-refractivity contribution in [3.63, 3.8) is 0 Å². The third-order valence-electron chi connectivity index (χ3n) is 6.95. The fourth-order valence-electron chi connectivity index (χ4n) is 4.99. The van der Waals surface area contributed by atoms with Crippen LogP contribution in [0.5, 0.6) is 0 Å². The number of rotatable bonds is 9. The van der Waals surface area contributed by atoms with Gasteiger partial charge in [-0.2, -0.15) is 9.40 Å². The van der Waals surface area contributed by atoms with Crippen molar-refractivity contribution in [1.82, 2.24) is 19.1 Å². The Morgan fingerprint density at radius 3 is 2.53 bits per heavy atom. The molecule has 2 aromatic heterocycles. The van der Waals surface area contributed by atoms with Crippen LogP contribution in [0.15, 0.2) is 65.8 Å². The summed E-state index contributed by atoms with van der Waals surface area (Å²) >= 11 is 1.23. The second kappa shape index (κ2) is 11.3. The minimum atomic E-state index is -3.68. The summed E-state index contributed by atoms with van der Waals surface area (Å²) in [5, 5.41) is 4.57. The van der Waals surface area contributed by atoms with Gasteiger partial charge in [0.05, 0.1) is 16.1 Å². The van der Waals surface area contributed by atoms with Gasteiger partial charge in [-0.3, -0.25) is 14.4 Å². The van der Waals surface area contributed by atoms with Crippen molar-refractivity contribution in [2.24, 2.45) is 0 Å². The summed E-state index contributed by atoms with van der Waals surface area (Å²) in [4.78, 5) is 19.8. The monoisotopic (exact) mass is 555 g/mol. The fourth-order valence-corrected chi connectivity index (χ4v) is 7.69. The van der Waals surface area contributed by atoms with E-state index >= 15 is 0 Å². The van der Waals surface area contributed by atoms with E-state index in [1.165, 1.54) is 34.4 Å². The average molecular weight is 556 g/mol. The van der Waals surface area contributed by atoms with E-state index in [1.54, 1.807) is 51.7 Å². The van der Waals surface area contributed by atoms with Crippen LogP contribution in [0.4, 0.5) is 9.52 Å². The Kier molecular flexibility index (Phi) is 7.87. The topological polar surface area (TPSA) is 88.4 Å². The van der Waals surface area contributed by atoms with E-state index in [0.29, 0.717) is 28.5 Å². The van der Waals surface area contributed by atoms with Gasteiger partial charge in [0, 0.05) is 37.1 Å². The summed E-state index contributed by atoms with van der Waals surface area (Å²) in [5.41, 5.74) is 0.540.